The van der Waals surface area contributed by atoms with Crippen LogP contribution in [0.15, 0.2) is 36.4 Å². The molecule has 5 nitrogen and oxygen atoms in total. The lowest BCUT2D eigenvalue weighted by Gasteiger charge is -2.30. The number of benzene rings is 1. The number of hydrogen-bond donors (Lipinski definition) is 2. The minimum atomic E-state index is 0.125. The van der Waals surface area contributed by atoms with Gasteiger partial charge in [0.05, 0.1) is 7.11 Å². The molecular weight excluding hydrogens is 356 g/mol. The maximum absolute atomic E-state index is 5.96. The Kier molecular flexibility index (Phi) is 5.71. The summed E-state index contributed by atoms with van der Waals surface area (Å²) in [4.78, 5) is 8.30. The van der Waals surface area contributed by atoms with Gasteiger partial charge >= 0.3 is 0 Å². The van der Waals surface area contributed by atoms with Crippen LogP contribution in [0.25, 0.3) is 0 Å². The van der Waals surface area contributed by atoms with Crippen LogP contribution in [0.2, 0.25) is 5.15 Å². The van der Waals surface area contributed by atoms with Crippen LogP contribution in [0.1, 0.15) is 31.2 Å². The van der Waals surface area contributed by atoms with Crippen LogP contribution in [0, 0.1) is 0 Å². The lowest BCUT2D eigenvalue weighted by atomic mass is 9.79. The average molecular weight is 377 g/mol. The van der Waals surface area contributed by atoms with Gasteiger partial charge in [-0.2, -0.15) is 4.98 Å². The number of methoxy groups -OCH3 is 1. The minimum absolute atomic E-state index is 0.125. The van der Waals surface area contributed by atoms with E-state index in [-0.39, 0.29) is 5.41 Å². The number of thiocarbonyl (C=S) groups is 1. The van der Waals surface area contributed by atoms with Crippen molar-refractivity contribution in [3.8, 4) is 5.88 Å². The van der Waals surface area contributed by atoms with E-state index < -0.39 is 0 Å². The van der Waals surface area contributed by atoms with Crippen LogP contribution in [0.4, 0.5) is 5.95 Å². The van der Waals surface area contributed by atoms with Crippen LogP contribution in [-0.4, -0.2) is 28.7 Å². The molecule has 1 aromatic heterocycles. The summed E-state index contributed by atoms with van der Waals surface area (Å²) in [5, 5.41) is 7.09. The van der Waals surface area contributed by atoms with E-state index in [0.717, 1.165) is 19.4 Å². The molecule has 1 fully saturated rings. The fraction of sp³-hybridized carbons (Fsp3) is 0.389. The van der Waals surface area contributed by atoms with Gasteiger partial charge in [0.15, 0.2) is 5.11 Å². The summed E-state index contributed by atoms with van der Waals surface area (Å²) in [6.45, 7) is 0.778. The summed E-state index contributed by atoms with van der Waals surface area (Å²) in [6, 6.07) is 12.2. The Morgan fingerprint density at radius 3 is 2.64 bits per heavy atom. The van der Waals surface area contributed by atoms with Gasteiger partial charge in [0, 0.05) is 18.0 Å². The fourth-order valence-electron chi connectivity index (χ4n) is 3.36. The van der Waals surface area contributed by atoms with Crippen molar-refractivity contribution >= 4 is 34.9 Å². The molecule has 2 N–H and O–H groups in total. The fourth-order valence-corrected chi connectivity index (χ4v) is 3.70. The number of nitrogens with one attached hydrogen (secondary N) is 2. The van der Waals surface area contributed by atoms with Crippen LogP contribution in [0.3, 0.4) is 0 Å². The normalized spacial score (nSPS) is 15.6. The number of rotatable bonds is 5. The van der Waals surface area contributed by atoms with Crippen molar-refractivity contribution in [3.63, 3.8) is 0 Å². The molecule has 25 heavy (non-hydrogen) atoms. The van der Waals surface area contributed by atoms with Crippen molar-refractivity contribution in [2.45, 2.75) is 31.1 Å². The monoisotopic (exact) mass is 376 g/mol. The molecule has 2 aromatic rings. The van der Waals surface area contributed by atoms with E-state index in [4.69, 9.17) is 28.6 Å². The third-order valence-electron chi connectivity index (χ3n) is 4.64. The SMILES string of the molecule is COc1cc(Cl)nc(NC(=S)NCC2(c3ccccc3)CCCC2)n1. The van der Waals surface area contributed by atoms with Gasteiger partial charge in [-0.15, -0.1) is 0 Å². The molecule has 1 heterocycles. The molecule has 0 bridgehead atoms. The average Bonchev–Trinajstić information content (AvgIpc) is 3.10. The summed E-state index contributed by atoms with van der Waals surface area (Å²) >= 11 is 11.4. The number of ether oxygens (including phenoxy) is 1. The van der Waals surface area contributed by atoms with E-state index in [2.05, 4.69) is 50.9 Å². The zero-order valence-electron chi connectivity index (χ0n) is 14.1. The van der Waals surface area contributed by atoms with Crippen LogP contribution in [-0.2, 0) is 5.41 Å². The molecular formula is C18H21ClN4OS. The van der Waals surface area contributed by atoms with Gasteiger partial charge < -0.3 is 15.4 Å². The Morgan fingerprint density at radius 1 is 1.24 bits per heavy atom. The molecule has 7 heteroatoms. The third-order valence-corrected chi connectivity index (χ3v) is 5.08. The quantitative estimate of drug-likeness (QED) is 0.609. The molecule has 1 aromatic carbocycles. The second-order valence-electron chi connectivity index (χ2n) is 6.22. The standard InChI is InChI=1S/C18H21ClN4OS/c1-24-15-11-14(19)21-16(22-15)23-17(25)20-12-18(9-5-6-10-18)13-7-3-2-4-8-13/h2-4,7-8,11H,5-6,9-10,12H2,1H3,(H2,20,21,22,23,25). The van der Waals surface area contributed by atoms with E-state index in [1.54, 1.807) is 6.07 Å². The van der Waals surface area contributed by atoms with Crippen molar-refractivity contribution in [3.05, 3.63) is 47.1 Å². The maximum Gasteiger partial charge on any atom is 0.233 e. The molecule has 0 radical (unpaired) electrons. The summed E-state index contributed by atoms with van der Waals surface area (Å²) in [6.07, 6.45) is 4.80. The molecule has 0 amide bonds. The lowest BCUT2D eigenvalue weighted by molar-refractivity contribution is 0.397. The number of anilines is 1. The van der Waals surface area contributed by atoms with Gasteiger partial charge in [-0.1, -0.05) is 54.8 Å². The van der Waals surface area contributed by atoms with Crippen LogP contribution >= 0.6 is 23.8 Å². The van der Waals surface area contributed by atoms with Crippen molar-refractivity contribution in [2.75, 3.05) is 19.0 Å². The van der Waals surface area contributed by atoms with Gasteiger partial charge in [0.1, 0.15) is 5.15 Å². The summed E-state index contributed by atoms with van der Waals surface area (Å²) < 4.78 is 5.09. The Hall–Kier alpha value is -1.92. The van der Waals surface area contributed by atoms with Gasteiger partial charge in [-0.25, -0.2) is 4.98 Å². The first-order valence-electron chi connectivity index (χ1n) is 8.30. The van der Waals surface area contributed by atoms with E-state index in [0.29, 0.717) is 22.1 Å². The smallest absolute Gasteiger partial charge is 0.233 e. The first-order valence-corrected chi connectivity index (χ1v) is 9.09. The van der Waals surface area contributed by atoms with Gasteiger partial charge in [0.2, 0.25) is 11.8 Å². The largest absolute Gasteiger partial charge is 0.481 e. The van der Waals surface area contributed by atoms with E-state index in [9.17, 15) is 0 Å². The van der Waals surface area contributed by atoms with Gasteiger partial charge in [-0.3, -0.25) is 0 Å². The molecule has 1 aliphatic carbocycles. The highest BCUT2D eigenvalue weighted by Gasteiger charge is 2.35. The molecule has 0 unspecified atom stereocenters. The summed E-state index contributed by atoms with van der Waals surface area (Å²) in [5.74, 6) is 0.712. The Morgan fingerprint density at radius 2 is 1.96 bits per heavy atom. The number of halogens is 1. The van der Waals surface area contributed by atoms with E-state index in [1.165, 1.54) is 25.5 Å². The third kappa shape index (κ3) is 4.38. The zero-order chi connectivity index (χ0) is 17.7. The van der Waals surface area contributed by atoms with E-state index >= 15 is 0 Å². The van der Waals surface area contributed by atoms with Crippen molar-refractivity contribution in [2.24, 2.45) is 0 Å². The Balaban J connectivity index is 1.66. The highest BCUT2D eigenvalue weighted by Crippen LogP contribution is 2.40. The predicted molar refractivity (Wildman–Crippen MR) is 104 cm³/mol. The molecule has 0 saturated heterocycles. The first-order chi connectivity index (χ1) is 12.1. The first kappa shape index (κ1) is 17.9. The molecule has 0 atom stereocenters. The van der Waals surface area contributed by atoms with Crippen molar-refractivity contribution in [1.82, 2.24) is 15.3 Å². The summed E-state index contributed by atoms with van der Waals surface area (Å²) in [7, 11) is 1.53. The second-order valence-corrected chi connectivity index (χ2v) is 7.01. The summed E-state index contributed by atoms with van der Waals surface area (Å²) in [5.41, 5.74) is 1.49. The highest BCUT2D eigenvalue weighted by atomic mass is 35.5. The lowest BCUT2D eigenvalue weighted by Crippen LogP contribution is -2.41. The topological polar surface area (TPSA) is 59.1 Å². The molecule has 3 rings (SSSR count). The van der Waals surface area contributed by atoms with Crippen molar-refractivity contribution < 1.29 is 4.74 Å². The number of hydrogen-bond acceptors (Lipinski definition) is 4. The molecule has 0 aliphatic heterocycles. The predicted octanol–water partition coefficient (Wildman–Crippen LogP) is 3.94. The Bertz CT molecular complexity index is 735. The van der Waals surface area contributed by atoms with Crippen molar-refractivity contribution in [1.29, 1.82) is 0 Å². The number of nitrogens with zero attached hydrogens (tertiary/aromatic N) is 2. The van der Waals surface area contributed by atoms with Gasteiger partial charge in [0.25, 0.3) is 0 Å². The molecule has 132 valence electrons. The molecule has 1 aliphatic rings. The van der Waals surface area contributed by atoms with Gasteiger partial charge in [-0.05, 0) is 30.6 Å². The minimum Gasteiger partial charge on any atom is -0.481 e. The molecule has 1 saturated carbocycles. The number of aromatic nitrogens is 2. The van der Waals surface area contributed by atoms with E-state index in [1.807, 2.05) is 0 Å². The Labute approximate surface area is 158 Å². The van der Waals surface area contributed by atoms with Crippen LogP contribution < -0.4 is 15.4 Å². The maximum atomic E-state index is 5.96. The second kappa shape index (κ2) is 7.97. The highest BCUT2D eigenvalue weighted by molar-refractivity contribution is 7.80. The van der Waals surface area contributed by atoms with Crippen LogP contribution in [0.5, 0.6) is 5.88 Å². The molecule has 0 spiro atoms. The zero-order valence-corrected chi connectivity index (χ0v) is 15.7.